The number of phenolic OH excluding ortho intramolecular Hbond substituents is 1. The molecule has 1 aliphatic rings. The Morgan fingerprint density at radius 1 is 1.10 bits per heavy atom. The van der Waals surface area contributed by atoms with E-state index in [9.17, 15) is 13.5 Å². The Morgan fingerprint density at radius 3 is 2.45 bits per heavy atom. The van der Waals surface area contributed by atoms with Gasteiger partial charge < -0.3 is 5.11 Å². The van der Waals surface area contributed by atoms with Crippen LogP contribution in [0.25, 0.3) is 0 Å². The highest BCUT2D eigenvalue weighted by Gasteiger charge is 2.30. The highest BCUT2D eigenvalue weighted by molar-refractivity contribution is 7.89. The molecule has 3 rings (SSSR count). The van der Waals surface area contributed by atoms with E-state index in [0.29, 0.717) is 5.56 Å². The maximum atomic E-state index is 12.6. The van der Waals surface area contributed by atoms with Gasteiger partial charge in [0.2, 0.25) is 10.0 Å². The molecule has 0 amide bonds. The van der Waals surface area contributed by atoms with Gasteiger partial charge in [0.05, 0.1) is 6.27 Å². The summed E-state index contributed by atoms with van der Waals surface area (Å²) in [6, 6.07) is 9.82. The van der Waals surface area contributed by atoms with E-state index in [-0.39, 0.29) is 29.8 Å². The Kier molecular flexibility index (Phi) is 2.75. The first-order valence-corrected chi connectivity index (χ1v) is 7.71. The number of hydrogen-bond donors (Lipinski definition) is 1. The van der Waals surface area contributed by atoms with E-state index < -0.39 is 10.0 Å². The molecule has 104 valence electrons. The van der Waals surface area contributed by atoms with Crippen molar-refractivity contribution in [1.82, 2.24) is 4.31 Å². The van der Waals surface area contributed by atoms with E-state index in [4.69, 9.17) is 1.37 Å². The zero-order valence-electron chi connectivity index (χ0n) is 12.0. The quantitative estimate of drug-likeness (QED) is 0.924. The van der Waals surface area contributed by atoms with Crippen molar-refractivity contribution < 1.29 is 14.9 Å². The number of benzene rings is 2. The lowest BCUT2D eigenvalue weighted by Crippen LogP contribution is -2.25. The third kappa shape index (κ3) is 2.19. The molecule has 20 heavy (non-hydrogen) atoms. The first-order chi connectivity index (χ1) is 9.89. The Hall–Kier alpha value is -1.85. The molecule has 1 N–H and O–H groups in total. The van der Waals surface area contributed by atoms with E-state index in [1.165, 1.54) is 10.4 Å². The number of rotatable bonds is 2. The van der Waals surface area contributed by atoms with Gasteiger partial charge in [-0.2, -0.15) is 4.31 Å². The number of nitrogens with zero attached hydrogens (tertiary/aromatic N) is 1. The fourth-order valence-corrected chi connectivity index (χ4v) is 3.68. The molecule has 0 spiro atoms. The van der Waals surface area contributed by atoms with Gasteiger partial charge in [0.1, 0.15) is 5.75 Å². The maximum absolute atomic E-state index is 12.6. The molecule has 2 aromatic rings. The Balaban J connectivity index is 1.97. The van der Waals surface area contributed by atoms with Gasteiger partial charge in [0.25, 0.3) is 0 Å². The fraction of sp³-hybridized carbons (Fsp3) is 0.200. The van der Waals surface area contributed by atoms with Crippen LogP contribution in [0.2, 0.25) is 0 Å². The molecule has 0 saturated heterocycles. The van der Waals surface area contributed by atoms with Crippen LogP contribution in [0, 0.1) is 6.92 Å². The van der Waals surface area contributed by atoms with Gasteiger partial charge in [-0.1, -0.05) is 23.8 Å². The summed E-state index contributed by atoms with van der Waals surface area (Å²) in [5, 5.41) is 9.56. The second-order valence-electron chi connectivity index (χ2n) is 4.93. The summed E-state index contributed by atoms with van der Waals surface area (Å²) in [7, 11) is -3.58. The van der Waals surface area contributed by atoms with Crippen LogP contribution in [0.3, 0.4) is 0 Å². The largest absolute Gasteiger partial charge is 0.508 e. The van der Waals surface area contributed by atoms with Crippen molar-refractivity contribution in [3.05, 3.63) is 59.1 Å². The molecule has 0 radical (unpaired) electrons. The minimum Gasteiger partial charge on any atom is -0.508 e. The van der Waals surface area contributed by atoms with Crippen molar-refractivity contribution in [2.75, 3.05) is 0 Å². The maximum Gasteiger partial charge on any atom is 0.243 e. The lowest BCUT2D eigenvalue weighted by Gasteiger charge is -2.15. The highest BCUT2D eigenvalue weighted by atomic mass is 32.2. The molecule has 1 aliphatic heterocycles. The minimum absolute atomic E-state index is 0.00843. The molecule has 4 nitrogen and oxygen atoms in total. The highest BCUT2D eigenvalue weighted by Crippen LogP contribution is 2.30. The van der Waals surface area contributed by atoms with E-state index >= 15 is 0 Å². The normalized spacial score (nSPS) is 15.9. The summed E-state index contributed by atoms with van der Waals surface area (Å²) in [6.45, 7) is 2.26. The zero-order chi connectivity index (χ0) is 15.2. The summed E-state index contributed by atoms with van der Waals surface area (Å²) in [5.41, 5.74) is 2.34. The molecule has 0 saturated carbocycles. The monoisotopic (exact) mass is 290 g/mol. The third-order valence-electron chi connectivity index (χ3n) is 3.45. The summed E-state index contributed by atoms with van der Waals surface area (Å²) in [5.74, 6) is -0.122. The number of aryl methyl sites for hydroxylation is 1. The standard InChI is InChI=1S/C15H15NO3S/c1-11-2-6-15(7-3-11)20(18,19)16-9-12-4-5-14(17)8-13(12)10-16/h2-8,17H,9-10H2,1H3/i8D. The molecule has 0 unspecified atom stereocenters. The van der Waals surface area contributed by atoms with Crippen LogP contribution in [0.1, 0.15) is 18.1 Å². The van der Waals surface area contributed by atoms with E-state index in [0.717, 1.165) is 11.1 Å². The van der Waals surface area contributed by atoms with Crippen LogP contribution in [-0.4, -0.2) is 17.8 Å². The number of aromatic hydroxyl groups is 1. The van der Waals surface area contributed by atoms with Crippen LogP contribution in [-0.2, 0) is 23.1 Å². The topological polar surface area (TPSA) is 57.6 Å². The van der Waals surface area contributed by atoms with Gasteiger partial charge in [-0.3, -0.25) is 0 Å². The van der Waals surface area contributed by atoms with Crippen molar-refractivity contribution in [2.24, 2.45) is 0 Å². The number of fused-ring (bicyclic) bond motifs is 1. The van der Waals surface area contributed by atoms with Crippen LogP contribution >= 0.6 is 0 Å². The summed E-state index contributed by atoms with van der Waals surface area (Å²) >= 11 is 0. The molecule has 0 fully saturated rings. The number of phenols is 1. The lowest BCUT2D eigenvalue weighted by molar-refractivity contribution is 0.431. The first kappa shape index (κ1) is 11.9. The predicted octanol–water partition coefficient (Wildman–Crippen LogP) is 2.41. The van der Waals surface area contributed by atoms with Gasteiger partial charge >= 0.3 is 0 Å². The van der Waals surface area contributed by atoms with Gasteiger partial charge in [-0.25, -0.2) is 8.42 Å². The molecule has 0 aromatic heterocycles. The van der Waals surface area contributed by atoms with E-state index in [1.807, 2.05) is 6.92 Å². The smallest absolute Gasteiger partial charge is 0.243 e. The zero-order valence-corrected chi connectivity index (χ0v) is 11.8. The number of sulfonamides is 1. The summed E-state index contributed by atoms with van der Waals surface area (Å²) in [6.07, 6.45) is 0. The average Bonchev–Trinajstić information content (AvgIpc) is 2.89. The average molecular weight is 290 g/mol. The Bertz CT molecular complexity index is 800. The van der Waals surface area contributed by atoms with Crippen LogP contribution < -0.4 is 0 Å². The minimum atomic E-state index is -3.58. The van der Waals surface area contributed by atoms with Gasteiger partial charge in [-0.15, -0.1) is 0 Å². The van der Waals surface area contributed by atoms with Crippen LogP contribution in [0.5, 0.6) is 5.75 Å². The number of hydrogen-bond acceptors (Lipinski definition) is 3. The van der Waals surface area contributed by atoms with Crippen molar-refractivity contribution in [3.63, 3.8) is 0 Å². The van der Waals surface area contributed by atoms with Crippen LogP contribution in [0.4, 0.5) is 0 Å². The molecule has 0 atom stereocenters. The molecule has 0 bridgehead atoms. The Labute approximate surface area is 119 Å². The van der Waals surface area contributed by atoms with Gasteiger partial charge in [0.15, 0.2) is 0 Å². The van der Waals surface area contributed by atoms with Crippen molar-refractivity contribution in [2.45, 2.75) is 24.9 Å². The second-order valence-corrected chi connectivity index (χ2v) is 6.87. The first-order valence-electron chi connectivity index (χ1n) is 6.77. The van der Waals surface area contributed by atoms with Gasteiger partial charge in [0, 0.05) is 13.1 Å². The SMILES string of the molecule is [2H]c1c(O)ccc2c1CN(S(=O)(=O)c1ccc(C)cc1)C2. The summed E-state index contributed by atoms with van der Waals surface area (Å²) in [4.78, 5) is 0.247. The third-order valence-corrected chi connectivity index (χ3v) is 5.25. The lowest BCUT2D eigenvalue weighted by atomic mass is 10.1. The van der Waals surface area contributed by atoms with Crippen molar-refractivity contribution in [3.8, 4) is 5.75 Å². The Morgan fingerprint density at radius 2 is 1.75 bits per heavy atom. The molecule has 5 heteroatoms. The van der Waals surface area contributed by atoms with E-state index in [1.54, 1.807) is 30.3 Å². The van der Waals surface area contributed by atoms with Crippen molar-refractivity contribution in [1.29, 1.82) is 0 Å². The molecule has 0 aliphatic carbocycles. The second kappa shape index (κ2) is 4.61. The van der Waals surface area contributed by atoms with Gasteiger partial charge in [-0.05, 0) is 42.3 Å². The van der Waals surface area contributed by atoms with E-state index in [2.05, 4.69) is 0 Å². The van der Waals surface area contributed by atoms with Crippen LogP contribution in [0.15, 0.2) is 47.3 Å². The fourth-order valence-electron chi connectivity index (χ4n) is 2.30. The molecular formula is C15H15NO3S. The van der Waals surface area contributed by atoms with Crippen molar-refractivity contribution >= 4 is 10.0 Å². The molecule has 1 heterocycles. The predicted molar refractivity (Wildman–Crippen MR) is 75.7 cm³/mol. The molecule has 2 aromatic carbocycles. The molecular weight excluding hydrogens is 274 g/mol. The summed E-state index contributed by atoms with van der Waals surface area (Å²) < 4.78 is 34.4.